The van der Waals surface area contributed by atoms with Crippen molar-refractivity contribution in [3.05, 3.63) is 36.5 Å². The molecule has 1 amide bonds. The highest BCUT2D eigenvalue weighted by Crippen LogP contribution is 2.17. The average molecular weight is 323 g/mol. The van der Waals surface area contributed by atoms with Gasteiger partial charge in [0.05, 0.1) is 11.9 Å². The minimum atomic E-state index is -4.00. The number of aliphatic carboxylic acids is 1. The second-order valence-electron chi connectivity index (χ2n) is 4.49. The zero-order chi connectivity index (χ0) is 16.2. The quantitative estimate of drug-likeness (QED) is 0.710. The summed E-state index contributed by atoms with van der Waals surface area (Å²) in [6.07, 6.45) is 1.50. The number of nitrogens with one attached hydrogen (secondary N) is 2. The molecule has 0 spiro atoms. The van der Waals surface area contributed by atoms with Crippen LogP contribution in [0.25, 0.3) is 11.3 Å². The first-order chi connectivity index (χ1) is 10.4. The fourth-order valence-corrected chi connectivity index (χ4v) is 2.71. The molecule has 2 aromatic rings. The third-order valence-corrected chi connectivity index (χ3v) is 4.00. The molecule has 0 unspecified atom stereocenters. The highest BCUT2D eigenvalue weighted by molar-refractivity contribution is 7.92. The van der Waals surface area contributed by atoms with Gasteiger partial charge in [0.15, 0.2) is 9.84 Å². The van der Waals surface area contributed by atoms with E-state index in [9.17, 15) is 18.0 Å². The van der Waals surface area contributed by atoms with E-state index >= 15 is 0 Å². The van der Waals surface area contributed by atoms with Gasteiger partial charge in [0.1, 0.15) is 11.5 Å². The van der Waals surface area contributed by atoms with E-state index in [0.29, 0.717) is 5.69 Å². The van der Waals surface area contributed by atoms with E-state index in [-0.39, 0.29) is 5.95 Å². The Balaban J connectivity index is 2.01. The van der Waals surface area contributed by atoms with E-state index in [1.807, 2.05) is 30.3 Å². The zero-order valence-electron chi connectivity index (χ0n) is 11.3. The molecule has 2 rings (SSSR count). The predicted octanol–water partition coefficient (Wildman–Crippen LogP) is 0.515. The molecular formula is C13H13N3O5S. The van der Waals surface area contributed by atoms with E-state index in [4.69, 9.17) is 5.11 Å². The first-order valence-corrected chi connectivity index (χ1v) is 8.00. The fraction of sp³-hybridized carbons (Fsp3) is 0.154. The van der Waals surface area contributed by atoms with Crippen LogP contribution in [0.1, 0.15) is 0 Å². The van der Waals surface area contributed by atoms with Crippen LogP contribution in [0.5, 0.6) is 0 Å². The standard InChI is InChI=1S/C13H13N3O5S/c17-11(7-22(20,21)8-12(18)19)16-13-14-6-10(15-13)9-4-2-1-3-5-9/h1-6H,7-8H2,(H,18,19)(H2,14,15,16,17). The van der Waals surface area contributed by atoms with Crippen LogP contribution in [0.15, 0.2) is 36.5 Å². The molecule has 3 N–H and O–H groups in total. The maximum atomic E-state index is 11.6. The molecular weight excluding hydrogens is 310 g/mol. The van der Waals surface area contributed by atoms with Gasteiger partial charge in [-0.1, -0.05) is 30.3 Å². The maximum Gasteiger partial charge on any atom is 0.318 e. The number of H-pyrrole nitrogens is 1. The molecule has 0 radical (unpaired) electrons. The van der Waals surface area contributed by atoms with Crippen molar-refractivity contribution in [1.29, 1.82) is 0 Å². The summed E-state index contributed by atoms with van der Waals surface area (Å²) in [4.78, 5) is 28.8. The largest absolute Gasteiger partial charge is 0.480 e. The number of hydrogen-bond donors (Lipinski definition) is 3. The van der Waals surface area contributed by atoms with Crippen molar-refractivity contribution in [3.8, 4) is 11.3 Å². The SMILES string of the molecule is O=C(O)CS(=O)(=O)CC(=O)Nc1ncc(-c2ccccc2)[nH]1. The Morgan fingerprint density at radius 3 is 2.50 bits per heavy atom. The molecule has 0 aliphatic heterocycles. The van der Waals surface area contributed by atoms with Crippen LogP contribution in [0.4, 0.5) is 5.95 Å². The molecule has 1 heterocycles. The lowest BCUT2D eigenvalue weighted by Crippen LogP contribution is -2.27. The summed E-state index contributed by atoms with van der Waals surface area (Å²) in [6.45, 7) is 0. The molecule has 0 saturated heterocycles. The molecule has 8 nitrogen and oxygen atoms in total. The number of benzene rings is 1. The summed E-state index contributed by atoms with van der Waals surface area (Å²) in [7, 11) is -4.00. The zero-order valence-corrected chi connectivity index (χ0v) is 12.1. The third kappa shape index (κ3) is 4.42. The van der Waals surface area contributed by atoms with Crippen LogP contribution in [0.2, 0.25) is 0 Å². The van der Waals surface area contributed by atoms with Crippen LogP contribution in [0, 0.1) is 0 Å². The van der Waals surface area contributed by atoms with Crippen molar-refractivity contribution in [1.82, 2.24) is 9.97 Å². The number of carboxylic acids is 1. The van der Waals surface area contributed by atoms with Gasteiger partial charge in [-0.3, -0.25) is 14.9 Å². The number of amides is 1. The maximum absolute atomic E-state index is 11.6. The van der Waals surface area contributed by atoms with Crippen LogP contribution < -0.4 is 5.32 Å². The molecule has 0 fully saturated rings. The first kappa shape index (κ1) is 15.7. The minimum absolute atomic E-state index is 0.0920. The highest BCUT2D eigenvalue weighted by atomic mass is 32.2. The Kier molecular flexibility index (Phi) is 4.56. The second-order valence-corrected chi connectivity index (χ2v) is 6.55. The van der Waals surface area contributed by atoms with E-state index in [1.54, 1.807) is 0 Å². The number of imidazole rings is 1. The first-order valence-electron chi connectivity index (χ1n) is 6.18. The van der Waals surface area contributed by atoms with Gasteiger partial charge in [-0.05, 0) is 5.56 Å². The fourth-order valence-electron chi connectivity index (χ4n) is 1.76. The lowest BCUT2D eigenvalue weighted by atomic mass is 10.2. The molecule has 0 atom stereocenters. The van der Waals surface area contributed by atoms with E-state index < -0.39 is 33.2 Å². The van der Waals surface area contributed by atoms with Crippen LogP contribution >= 0.6 is 0 Å². The summed E-state index contributed by atoms with van der Waals surface area (Å²) < 4.78 is 22.8. The number of aromatic nitrogens is 2. The number of nitrogens with zero attached hydrogens (tertiary/aromatic N) is 1. The second kappa shape index (κ2) is 6.39. The van der Waals surface area contributed by atoms with Crippen molar-refractivity contribution in [2.24, 2.45) is 0 Å². The lowest BCUT2D eigenvalue weighted by Gasteiger charge is -2.02. The number of carbonyl (C=O) groups is 2. The number of sulfone groups is 1. The Labute approximate surface area is 126 Å². The molecule has 22 heavy (non-hydrogen) atoms. The smallest absolute Gasteiger partial charge is 0.318 e. The van der Waals surface area contributed by atoms with Crippen molar-refractivity contribution in [2.75, 3.05) is 16.8 Å². The molecule has 1 aromatic carbocycles. The van der Waals surface area contributed by atoms with Gasteiger partial charge in [0.25, 0.3) is 0 Å². The highest BCUT2D eigenvalue weighted by Gasteiger charge is 2.21. The lowest BCUT2D eigenvalue weighted by molar-refractivity contribution is -0.134. The van der Waals surface area contributed by atoms with Gasteiger partial charge in [0.2, 0.25) is 11.9 Å². The van der Waals surface area contributed by atoms with Gasteiger partial charge in [-0.25, -0.2) is 13.4 Å². The molecule has 0 aliphatic carbocycles. The number of aromatic amines is 1. The van der Waals surface area contributed by atoms with Crippen molar-refractivity contribution in [3.63, 3.8) is 0 Å². The van der Waals surface area contributed by atoms with Crippen LogP contribution in [0.3, 0.4) is 0 Å². The molecule has 9 heteroatoms. The summed E-state index contributed by atoms with van der Waals surface area (Å²) in [5, 5.41) is 10.7. The molecule has 1 aromatic heterocycles. The van der Waals surface area contributed by atoms with E-state index in [0.717, 1.165) is 5.56 Å². The summed E-state index contributed by atoms with van der Waals surface area (Å²) in [5.41, 5.74) is 1.51. The topological polar surface area (TPSA) is 129 Å². The molecule has 0 aliphatic rings. The number of carboxylic acid groups (broad SMARTS) is 1. The van der Waals surface area contributed by atoms with Crippen molar-refractivity contribution < 1.29 is 23.1 Å². The normalized spacial score (nSPS) is 11.1. The van der Waals surface area contributed by atoms with Crippen LogP contribution in [-0.2, 0) is 19.4 Å². The van der Waals surface area contributed by atoms with Gasteiger partial charge in [0, 0.05) is 0 Å². The number of anilines is 1. The summed E-state index contributed by atoms with van der Waals surface area (Å²) >= 11 is 0. The van der Waals surface area contributed by atoms with Gasteiger partial charge in [-0.2, -0.15) is 0 Å². The molecule has 0 saturated carbocycles. The predicted molar refractivity (Wildman–Crippen MR) is 78.9 cm³/mol. The van der Waals surface area contributed by atoms with Gasteiger partial charge >= 0.3 is 5.97 Å². The van der Waals surface area contributed by atoms with Gasteiger partial charge < -0.3 is 10.1 Å². The molecule has 116 valence electrons. The Morgan fingerprint density at radius 2 is 1.86 bits per heavy atom. The van der Waals surface area contributed by atoms with Crippen molar-refractivity contribution >= 4 is 27.7 Å². The summed E-state index contributed by atoms with van der Waals surface area (Å²) in [6, 6.07) is 9.22. The van der Waals surface area contributed by atoms with E-state index in [1.165, 1.54) is 6.20 Å². The molecule has 0 bridgehead atoms. The Bertz CT molecular complexity index is 783. The third-order valence-electron chi connectivity index (χ3n) is 2.61. The number of carbonyl (C=O) groups excluding carboxylic acids is 1. The average Bonchev–Trinajstić information content (AvgIpc) is 2.85. The minimum Gasteiger partial charge on any atom is -0.480 e. The number of hydrogen-bond acceptors (Lipinski definition) is 5. The van der Waals surface area contributed by atoms with Gasteiger partial charge in [-0.15, -0.1) is 0 Å². The van der Waals surface area contributed by atoms with Crippen LogP contribution in [-0.4, -0.2) is 46.9 Å². The Hall–Kier alpha value is -2.68. The van der Waals surface area contributed by atoms with Crippen molar-refractivity contribution in [2.45, 2.75) is 0 Å². The van der Waals surface area contributed by atoms with E-state index in [2.05, 4.69) is 15.3 Å². The summed E-state index contributed by atoms with van der Waals surface area (Å²) in [5.74, 6) is -4.27. The monoisotopic (exact) mass is 323 g/mol. The number of rotatable bonds is 6. The Morgan fingerprint density at radius 1 is 1.18 bits per heavy atom.